The number of hydrogen-bond donors (Lipinski definition) is 1. The average molecular weight is 333 g/mol. The van der Waals surface area contributed by atoms with Crippen molar-refractivity contribution < 1.29 is 19.4 Å². The van der Waals surface area contributed by atoms with Crippen LogP contribution in [0.1, 0.15) is 36.9 Å². The number of aromatic nitrogens is 2. The third-order valence-corrected chi connectivity index (χ3v) is 4.78. The number of amides is 1. The Bertz CT molecular complexity index is 601. The van der Waals surface area contributed by atoms with Crippen LogP contribution in [0, 0.1) is 5.92 Å². The molecule has 0 saturated carbocycles. The molecule has 0 radical (unpaired) electrons. The molecule has 2 unspecified atom stereocenters. The summed E-state index contributed by atoms with van der Waals surface area (Å²) in [6.07, 6.45) is 7.38. The Morgan fingerprint density at radius 3 is 3.00 bits per heavy atom. The van der Waals surface area contributed by atoms with Gasteiger partial charge < -0.3 is 14.7 Å². The second-order valence-corrected chi connectivity index (χ2v) is 6.50. The summed E-state index contributed by atoms with van der Waals surface area (Å²) < 4.78 is 5.62. The predicted molar refractivity (Wildman–Crippen MR) is 85.4 cm³/mol. The van der Waals surface area contributed by atoms with Gasteiger partial charge in [0.15, 0.2) is 0 Å². The van der Waals surface area contributed by atoms with Crippen LogP contribution in [0.4, 0.5) is 0 Å². The molecule has 1 saturated heterocycles. The van der Waals surface area contributed by atoms with Gasteiger partial charge in [0.05, 0.1) is 12.5 Å². The summed E-state index contributed by atoms with van der Waals surface area (Å²) in [6.45, 7) is 1.45. The molecule has 1 aliphatic carbocycles. The van der Waals surface area contributed by atoms with Crippen molar-refractivity contribution >= 4 is 11.9 Å². The van der Waals surface area contributed by atoms with Crippen LogP contribution >= 0.6 is 0 Å². The summed E-state index contributed by atoms with van der Waals surface area (Å²) in [5, 5.41) is 8.96. The monoisotopic (exact) mass is 333 g/mol. The molecule has 0 bridgehead atoms. The number of carboxylic acids is 1. The molecule has 2 atom stereocenters. The first-order valence-corrected chi connectivity index (χ1v) is 8.53. The highest BCUT2D eigenvalue weighted by Gasteiger charge is 2.31. The minimum absolute atomic E-state index is 0.0289. The SMILES string of the molecule is O=C(O)CCN(CC1CCCO1)C(=O)C1CCc2ncncc2C1. The van der Waals surface area contributed by atoms with Gasteiger partial charge in [0.2, 0.25) is 5.91 Å². The molecular weight excluding hydrogens is 310 g/mol. The van der Waals surface area contributed by atoms with Crippen LogP contribution in [-0.4, -0.2) is 57.7 Å². The average Bonchev–Trinajstić information content (AvgIpc) is 3.10. The van der Waals surface area contributed by atoms with Crippen LogP contribution in [0.3, 0.4) is 0 Å². The minimum Gasteiger partial charge on any atom is -0.481 e. The fourth-order valence-corrected chi connectivity index (χ4v) is 3.48. The molecule has 1 N–H and O–H groups in total. The van der Waals surface area contributed by atoms with Gasteiger partial charge in [-0.15, -0.1) is 0 Å². The molecule has 2 heterocycles. The maximum absolute atomic E-state index is 12.9. The number of carboxylic acid groups (broad SMARTS) is 1. The summed E-state index contributed by atoms with van der Waals surface area (Å²) in [4.78, 5) is 33.9. The number of hydrogen-bond acceptors (Lipinski definition) is 5. The van der Waals surface area contributed by atoms with E-state index < -0.39 is 5.97 Å². The van der Waals surface area contributed by atoms with Gasteiger partial charge in [-0.1, -0.05) is 0 Å². The van der Waals surface area contributed by atoms with Gasteiger partial charge in [-0.3, -0.25) is 9.59 Å². The van der Waals surface area contributed by atoms with Gasteiger partial charge in [0.25, 0.3) is 0 Å². The first-order valence-electron chi connectivity index (χ1n) is 8.53. The van der Waals surface area contributed by atoms with Gasteiger partial charge in [-0.05, 0) is 37.7 Å². The van der Waals surface area contributed by atoms with Crippen LogP contribution in [0.2, 0.25) is 0 Å². The van der Waals surface area contributed by atoms with E-state index in [0.29, 0.717) is 13.0 Å². The molecule has 0 spiro atoms. The summed E-state index contributed by atoms with van der Waals surface area (Å²) in [5.74, 6) is -0.984. The Morgan fingerprint density at radius 1 is 1.38 bits per heavy atom. The Kier molecular flexibility index (Phi) is 5.40. The van der Waals surface area contributed by atoms with E-state index in [-0.39, 0.29) is 30.9 Å². The van der Waals surface area contributed by atoms with E-state index in [4.69, 9.17) is 9.84 Å². The van der Waals surface area contributed by atoms with Crippen LogP contribution in [-0.2, 0) is 27.2 Å². The molecular formula is C17H23N3O4. The number of ether oxygens (including phenoxy) is 1. The highest BCUT2D eigenvalue weighted by atomic mass is 16.5. The van der Waals surface area contributed by atoms with Gasteiger partial charge in [0, 0.05) is 37.5 Å². The van der Waals surface area contributed by atoms with Gasteiger partial charge >= 0.3 is 5.97 Å². The third-order valence-electron chi connectivity index (χ3n) is 4.78. The van der Waals surface area contributed by atoms with E-state index in [9.17, 15) is 9.59 Å². The Labute approximate surface area is 141 Å². The summed E-state index contributed by atoms with van der Waals surface area (Å²) in [5.41, 5.74) is 2.04. The van der Waals surface area contributed by atoms with E-state index in [1.54, 1.807) is 11.1 Å². The lowest BCUT2D eigenvalue weighted by molar-refractivity contribution is -0.141. The summed E-state index contributed by atoms with van der Waals surface area (Å²) in [7, 11) is 0. The van der Waals surface area contributed by atoms with Crippen molar-refractivity contribution in [3.05, 3.63) is 23.8 Å². The number of carbonyl (C=O) groups is 2. The van der Waals surface area contributed by atoms with Crippen molar-refractivity contribution in [2.24, 2.45) is 5.92 Å². The molecule has 1 fully saturated rings. The lowest BCUT2D eigenvalue weighted by Gasteiger charge is -2.31. The smallest absolute Gasteiger partial charge is 0.305 e. The number of nitrogens with zero attached hydrogens (tertiary/aromatic N) is 3. The Morgan fingerprint density at radius 2 is 2.25 bits per heavy atom. The first kappa shape index (κ1) is 16.8. The predicted octanol–water partition coefficient (Wildman–Crippen LogP) is 1.06. The number of aryl methyl sites for hydroxylation is 1. The molecule has 0 aromatic carbocycles. The van der Waals surface area contributed by atoms with E-state index in [0.717, 1.165) is 43.5 Å². The summed E-state index contributed by atoms with van der Waals surface area (Å²) >= 11 is 0. The third kappa shape index (κ3) is 4.08. The minimum atomic E-state index is -0.887. The molecule has 1 amide bonds. The zero-order valence-electron chi connectivity index (χ0n) is 13.7. The molecule has 2 aliphatic rings. The number of aliphatic carboxylic acids is 1. The number of fused-ring (bicyclic) bond motifs is 1. The zero-order chi connectivity index (χ0) is 16.9. The lowest BCUT2D eigenvalue weighted by Crippen LogP contribution is -2.43. The van der Waals surface area contributed by atoms with Crippen molar-refractivity contribution in [1.29, 1.82) is 0 Å². The van der Waals surface area contributed by atoms with Crippen LogP contribution in [0.25, 0.3) is 0 Å². The van der Waals surface area contributed by atoms with E-state index in [1.807, 2.05) is 0 Å². The Hall–Kier alpha value is -2.02. The topological polar surface area (TPSA) is 92.6 Å². The van der Waals surface area contributed by atoms with Gasteiger partial charge in [-0.25, -0.2) is 9.97 Å². The maximum atomic E-state index is 12.9. The van der Waals surface area contributed by atoms with Crippen molar-refractivity contribution in [3.63, 3.8) is 0 Å². The largest absolute Gasteiger partial charge is 0.481 e. The number of carbonyl (C=O) groups excluding carboxylic acids is 1. The van der Waals surface area contributed by atoms with Gasteiger partial charge in [0.1, 0.15) is 6.33 Å². The standard InChI is InChI=1S/C17H23N3O4/c21-16(22)5-6-20(10-14-2-1-7-24-14)17(23)12-3-4-15-13(8-12)9-18-11-19-15/h9,11-12,14H,1-8,10H2,(H,21,22). The maximum Gasteiger partial charge on any atom is 0.305 e. The molecule has 7 nitrogen and oxygen atoms in total. The van der Waals surface area contributed by atoms with E-state index in [1.165, 1.54) is 6.33 Å². The molecule has 1 aliphatic heterocycles. The van der Waals surface area contributed by atoms with Crippen LogP contribution < -0.4 is 0 Å². The molecule has 7 heteroatoms. The van der Waals surface area contributed by atoms with Crippen molar-refractivity contribution in [2.45, 2.75) is 44.6 Å². The normalized spacial score (nSPS) is 22.8. The summed E-state index contributed by atoms with van der Waals surface area (Å²) in [6, 6.07) is 0. The van der Waals surface area contributed by atoms with Gasteiger partial charge in [-0.2, -0.15) is 0 Å². The molecule has 1 aromatic rings. The zero-order valence-corrected chi connectivity index (χ0v) is 13.7. The highest BCUT2D eigenvalue weighted by molar-refractivity contribution is 5.80. The quantitative estimate of drug-likeness (QED) is 0.837. The Balaban J connectivity index is 1.66. The molecule has 130 valence electrons. The van der Waals surface area contributed by atoms with Crippen molar-refractivity contribution in [2.75, 3.05) is 19.7 Å². The van der Waals surface area contributed by atoms with E-state index in [2.05, 4.69) is 9.97 Å². The second-order valence-electron chi connectivity index (χ2n) is 6.50. The molecule has 24 heavy (non-hydrogen) atoms. The second kappa shape index (κ2) is 7.70. The lowest BCUT2D eigenvalue weighted by atomic mass is 9.86. The number of rotatable bonds is 6. The van der Waals surface area contributed by atoms with Crippen molar-refractivity contribution in [1.82, 2.24) is 14.9 Å². The molecule has 1 aromatic heterocycles. The highest BCUT2D eigenvalue weighted by Crippen LogP contribution is 2.25. The van der Waals surface area contributed by atoms with Crippen LogP contribution in [0.15, 0.2) is 12.5 Å². The molecule has 3 rings (SSSR count). The fourth-order valence-electron chi connectivity index (χ4n) is 3.48. The first-order chi connectivity index (χ1) is 11.6. The van der Waals surface area contributed by atoms with Crippen molar-refractivity contribution in [3.8, 4) is 0 Å². The van der Waals surface area contributed by atoms with Crippen LogP contribution in [0.5, 0.6) is 0 Å². The fraction of sp³-hybridized carbons (Fsp3) is 0.647. The van der Waals surface area contributed by atoms with E-state index >= 15 is 0 Å².